The number of hydrogen-bond donors (Lipinski definition) is 1. The normalized spacial score (nSPS) is 18.3. The standard InChI is InChI=1S/C9H11NO4/c1-3-13-9(12)5-8-10-7(11)4-6(2)14-8/h4-5H,3H2,1-2H3,(H,10,11)/b8-5+. The van der Waals surface area contributed by atoms with E-state index in [0.717, 1.165) is 6.08 Å². The van der Waals surface area contributed by atoms with Gasteiger partial charge < -0.3 is 9.47 Å². The van der Waals surface area contributed by atoms with Crippen LogP contribution in [0.15, 0.2) is 23.8 Å². The molecule has 0 aromatic heterocycles. The lowest BCUT2D eigenvalue weighted by atomic mass is 10.4. The van der Waals surface area contributed by atoms with Gasteiger partial charge in [0, 0.05) is 6.08 Å². The van der Waals surface area contributed by atoms with Crippen LogP contribution >= 0.6 is 0 Å². The molecule has 0 unspecified atom stereocenters. The molecule has 76 valence electrons. The van der Waals surface area contributed by atoms with E-state index in [4.69, 9.17) is 4.74 Å². The summed E-state index contributed by atoms with van der Waals surface area (Å²) in [5.74, 6) is -0.334. The summed E-state index contributed by atoms with van der Waals surface area (Å²) in [5.41, 5.74) is 0. The zero-order valence-corrected chi connectivity index (χ0v) is 7.99. The maximum atomic E-state index is 11.0. The lowest BCUT2D eigenvalue weighted by Gasteiger charge is -2.14. The molecule has 0 aromatic rings. The van der Waals surface area contributed by atoms with E-state index in [-0.39, 0.29) is 18.4 Å². The molecule has 0 radical (unpaired) electrons. The van der Waals surface area contributed by atoms with Gasteiger partial charge in [0.25, 0.3) is 5.91 Å². The number of amides is 1. The third-order valence-electron chi connectivity index (χ3n) is 1.39. The molecular weight excluding hydrogens is 186 g/mol. The summed E-state index contributed by atoms with van der Waals surface area (Å²) in [6.45, 7) is 3.60. The first-order valence-electron chi connectivity index (χ1n) is 4.17. The van der Waals surface area contributed by atoms with Crippen LogP contribution in [0.25, 0.3) is 0 Å². The van der Waals surface area contributed by atoms with Crippen LogP contribution in [0.3, 0.4) is 0 Å². The number of hydrogen-bond acceptors (Lipinski definition) is 4. The van der Waals surface area contributed by atoms with Crippen molar-refractivity contribution in [2.45, 2.75) is 13.8 Å². The summed E-state index contributed by atoms with van der Waals surface area (Å²) >= 11 is 0. The van der Waals surface area contributed by atoms with Gasteiger partial charge in [0.1, 0.15) is 5.76 Å². The average molecular weight is 197 g/mol. The van der Waals surface area contributed by atoms with E-state index in [1.54, 1.807) is 13.8 Å². The second kappa shape index (κ2) is 4.45. The maximum absolute atomic E-state index is 11.0. The van der Waals surface area contributed by atoms with Crippen LogP contribution in [0.2, 0.25) is 0 Å². The molecule has 0 saturated heterocycles. The Morgan fingerprint density at radius 2 is 2.43 bits per heavy atom. The Morgan fingerprint density at radius 1 is 1.71 bits per heavy atom. The summed E-state index contributed by atoms with van der Waals surface area (Å²) < 4.78 is 9.71. The minimum absolute atomic E-state index is 0.0912. The first-order valence-corrected chi connectivity index (χ1v) is 4.17. The number of carbonyl (C=O) groups excluding carboxylic acids is 2. The SMILES string of the molecule is CCOC(=O)/C=C1\NC(=O)C=C(C)O1. The minimum atomic E-state index is -0.544. The molecule has 0 aliphatic carbocycles. The van der Waals surface area contributed by atoms with Gasteiger partial charge in [-0.15, -0.1) is 0 Å². The number of rotatable bonds is 2. The molecule has 0 bridgehead atoms. The van der Waals surface area contributed by atoms with Gasteiger partial charge in [-0.25, -0.2) is 4.79 Å². The Hall–Kier alpha value is -1.78. The van der Waals surface area contributed by atoms with Crippen LogP contribution in [0.4, 0.5) is 0 Å². The molecule has 5 nitrogen and oxygen atoms in total. The average Bonchev–Trinajstić information content (AvgIpc) is 2.01. The highest BCUT2D eigenvalue weighted by Gasteiger charge is 2.13. The molecule has 0 atom stereocenters. The summed E-state index contributed by atoms with van der Waals surface area (Å²) in [6, 6.07) is 0. The highest BCUT2D eigenvalue weighted by atomic mass is 16.5. The highest BCUT2D eigenvalue weighted by Crippen LogP contribution is 2.08. The largest absolute Gasteiger partial charge is 0.463 e. The molecule has 0 fully saturated rings. The Labute approximate surface area is 81.4 Å². The van der Waals surface area contributed by atoms with Crippen molar-refractivity contribution in [1.82, 2.24) is 5.32 Å². The lowest BCUT2D eigenvalue weighted by Crippen LogP contribution is -2.27. The van der Waals surface area contributed by atoms with Crippen molar-refractivity contribution in [2.24, 2.45) is 0 Å². The zero-order valence-electron chi connectivity index (χ0n) is 7.99. The van der Waals surface area contributed by atoms with Gasteiger partial charge in [-0.3, -0.25) is 10.1 Å². The van der Waals surface area contributed by atoms with Crippen LogP contribution in [-0.4, -0.2) is 18.5 Å². The van der Waals surface area contributed by atoms with Crippen LogP contribution in [0, 0.1) is 0 Å². The fourth-order valence-electron chi connectivity index (χ4n) is 0.927. The Kier molecular flexibility index (Phi) is 3.28. The second-order valence-electron chi connectivity index (χ2n) is 2.61. The quantitative estimate of drug-likeness (QED) is 0.515. The number of carbonyl (C=O) groups is 2. The molecule has 5 heteroatoms. The van der Waals surface area contributed by atoms with Crippen LogP contribution in [0.5, 0.6) is 0 Å². The Morgan fingerprint density at radius 3 is 3.00 bits per heavy atom. The van der Waals surface area contributed by atoms with Crippen molar-refractivity contribution in [3.8, 4) is 0 Å². The van der Waals surface area contributed by atoms with Crippen LogP contribution < -0.4 is 5.32 Å². The smallest absolute Gasteiger partial charge is 0.336 e. The molecule has 0 saturated carbocycles. The zero-order chi connectivity index (χ0) is 10.6. The van der Waals surface area contributed by atoms with Crippen molar-refractivity contribution in [1.29, 1.82) is 0 Å². The Bertz CT molecular complexity index is 317. The van der Waals surface area contributed by atoms with Crippen LogP contribution in [0.1, 0.15) is 13.8 Å². The molecule has 0 spiro atoms. The van der Waals surface area contributed by atoms with Gasteiger partial charge in [0.15, 0.2) is 0 Å². The van der Waals surface area contributed by atoms with Crippen molar-refractivity contribution in [3.63, 3.8) is 0 Å². The molecule has 0 aromatic carbocycles. The van der Waals surface area contributed by atoms with Gasteiger partial charge >= 0.3 is 5.97 Å². The van der Waals surface area contributed by atoms with E-state index in [2.05, 4.69) is 10.1 Å². The van der Waals surface area contributed by atoms with E-state index in [1.165, 1.54) is 6.08 Å². The third-order valence-corrected chi connectivity index (χ3v) is 1.39. The van der Waals surface area contributed by atoms with Crippen molar-refractivity contribution in [2.75, 3.05) is 6.61 Å². The number of allylic oxidation sites excluding steroid dienone is 1. The molecule has 1 aliphatic heterocycles. The van der Waals surface area contributed by atoms with Crippen molar-refractivity contribution in [3.05, 3.63) is 23.8 Å². The Balaban J connectivity index is 2.66. The molecule has 1 aliphatic rings. The maximum Gasteiger partial charge on any atom is 0.336 e. The highest BCUT2D eigenvalue weighted by molar-refractivity contribution is 5.91. The van der Waals surface area contributed by atoms with Gasteiger partial charge in [-0.05, 0) is 13.8 Å². The minimum Gasteiger partial charge on any atom is -0.463 e. The van der Waals surface area contributed by atoms with E-state index in [0.29, 0.717) is 5.76 Å². The van der Waals surface area contributed by atoms with Crippen molar-refractivity contribution < 1.29 is 19.1 Å². The van der Waals surface area contributed by atoms with E-state index >= 15 is 0 Å². The number of ether oxygens (including phenoxy) is 2. The molecule has 1 amide bonds. The van der Waals surface area contributed by atoms with E-state index in [1.807, 2.05) is 0 Å². The summed E-state index contributed by atoms with van der Waals surface area (Å²) in [4.78, 5) is 21.9. The monoisotopic (exact) mass is 197 g/mol. The van der Waals surface area contributed by atoms with Gasteiger partial charge in [0.2, 0.25) is 5.88 Å². The van der Waals surface area contributed by atoms with Gasteiger partial charge in [-0.2, -0.15) is 0 Å². The summed E-state index contributed by atoms with van der Waals surface area (Å²) in [6.07, 6.45) is 2.39. The van der Waals surface area contributed by atoms with Crippen LogP contribution in [-0.2, 0) is 19.1 Å². The fraction of sp³-hybridized carbons (Fsp3) is 0.333. The molecule has 1 N–H and O–H groups in total. The molecule has 1 rings (SSSR count). The van der Waals surface area contributed by atoms with Gasteiger partial charge in [0.05, 0.1) is 12.7 Å². The van der Waals surface area contributed by atoms with Crippen molar-refractivity contribution >= 4 is 11.9 Å². The predicted octanol–water partition coefficient (Wildman–Crippen LogP) is 0.441. The molecule has 14 heavy (non-hydrogen) atoms. The number of esters is 1. The first kappa shape index (κ1) is 10.3. The summed E-state index contributed by atoms with van der Waals surface area (Å²) in [5, 5.41) is 2.36. The summed E-state index contributed by atoms with van der Waals surface area (Å²) in [7, 11) is 0. The third kappa shape index (κ3) is 2.93. The first-order chi connectivity index (χ1) is 6.61. The topological polar surface area (TPSA) is 64.6 Å². The predicted molar refractivity (Wildman–Crippen MR) is 47.7 cm³/mol. The fourth-order valence-corrected chi connectivity index (χ4v) is 0.927. The lowest BCUT2D eigenvalue weighted by molar-refractivity contribution is -0.137. The van der Waals surface area contributed by atoms with E-state index < -0.39 is 5.97 Å². The number of nitrogens with one attached hydrogen (secondary N) is 1. The van der Waals surface area contributed by atoms with E-state index in [9.17, 15) is 9.59 Å². The second-order valence-corrected chi connectivity index (χ2v) is 2.61. The molecular formula is C9H11NO4. The van der Waals surface area contributed by atoms with Gasteiger partial charge in [-0.1, -0.05) is 0 Å². The molecule has 1 heterocycles.